The molecule has 0 unspecified atom stereocenters. The first-order valence-electron chi connectivity index (χ1n) is 8.62. The summed E-state index contributed by atoms with van der Waals surface area (Å²) < 4.78 is 9.13. The number of aromatic nitrogens is 4. The number of esters is 1. The lowest BCUT2D eigenvalue weighted by Gasteiger charge is -2.11. The molecule has 8 nitrogen and oxygen atoms in total. The zero-order chi connectivity index (χ0) is 19.9. The summed E-state index contributed by atoms with van der Waals surface area (Å²) in [5.74, 6) is 0.253. The van der Waals surface area contributed by atoms with Crippen molar-refractivity contribution < 1.29 is 9.53 Å². The van der Waals surface area contributed by atoms with Crippen LogP contribution in [0.3, 0.4) is 0 Å². The van der Waals surface area contributed by atoms with Crippen LogP contribution in [0.4, 0.5) is 0 Å². The molecule has 0 atom stereocenters. The predicted molar refractivity (Wildman–Crippen MR) is 101 cm³/mol. The second-order valence-corrected chi connectivity index (χ2v) is 6.96. The molecule has 142 valence electrons. The summed E-state index contributed by atoms with van der Waals surface area (Å²) in [6.07, 6.45) is 1.36. The average molecular weight is 370 g/mol. The van der Waals surface area contributed by atoms with Crippen molar-refractivity contribution in [2.75, 3.05) is 0 Å². The molecule has 0 aliphatic rings. The van der Waals surface area contributed by atoms with Gasteiger partial charge < -0.3 is 9.30 Å². The van der Waals surface area contributed by atoms with Gasteiger partial charge in [0.15, 0.2) is 11.2 Å². The van der Waals surface area contributed by atoms with Gasteiger partial charge in [0.1, 0.15) is 12.3 Å². The highest BCUT2D eigenvalue weighted by Crippen LogP contribution is 2.23. The van der Waals surface area contributed by atoms with Gasteiger partial charge in [-0.2, -0.15) is 0 Å². The number of benzene rings is 1. The number of nitrogens with zero attached hydrogens (tertiary/aromatic N) is 4. The molecular formula is C19H22N4O4. The number of hydrogen-bond acceptors (Lipinski definition) is 5. The number of imidazole rings is 1. The summed E-state index contributed by atoms with van der Waals surface area (Å²) in [5.41, 5.74) is 1.52. The highest BCUT2D eigenvalue weighted by Gasteiger charge is 2.17. The maximum absolute atomic E-state index is 12.4. The van der Waals surface area contributed by atoms with Crippen molar-refractivity contribution in [3.63, 3.8) is 0 Å². The molecule has 0 fully saturated rings. The molecule has 0 aliphatic heterocycles. The maximum atomic E-state index is 12.4. The first kappa shape index (κ1) is 18.6. The molecule has 0 amide bonds. The molecule has 0 saturated heterocycles. The molecule has 0 saturated carbocycles. The second-order valence-electron chi connectivity index (χ2n) is 6.96. The van der Waals surface area contributed by atoms with E-state index in [1.165, 1.54) is 29.6 Å². The number of ether oxygens (including phenoxy) is 1. The molecule has 0 N–H and O–H groups in total. The van der Waals surface area contributed by atoms with Gasteiger partial charge in [0, 0.05) is 14.1 Å². The minimum atomic E-state index is -0.523. The third-order valence-corrected chi connectivity index (χ3v) is 4.49. The fourth-order valence-electron chi connectivity index (χ4n) is 2.99. The van der Waals surface area contributed by atoms with Gasteiger partial charge in [-0.3, -0.25) is 13.9 Å². The smallest absolute Gasteiger partial charge is 0.332 e. The molecule has 0 spiro atoms. The minimum absolute atomic E-state index is 0.184. The number of carbonyl (C=O) groups is 1. The Kier molecular flexibility index (Phi) is 4.73. The molecule has 2 aromatic heterocycles. The molecule has 2 heterocycles. The van der Waals surface area contributed by atoms with Crippen LogP contribution < -0.4 is 16.0 Å². The Morgan fingerprint density at radius 1 is 1.15 bits per heavy atom. The Morgan fingerprint density at radius 2 is 1.85 bits per heavy atom. The SMILES string of the molecule is Cc1cc(OC(=O)Cn2cnc3c2c(=O)n(C)c(=O)n3C)cc(C(C)C)c1. The molecule has 1 aromatic carbocycles. The molecule has 3 rings (SSSR count). The van der Waals surface area contributed by atoms with E-state index in [9.17, 15) is 14.4 Å². The Balaban J connectivity index is 1.92. The zero-order valence-corrected chi connectivity index (χ0v) is 16.0. The summed E-state index contributed by atoms with van der Waals surface area (Å²) in [5, 5.41) is 0. The molecule has 3 aromatic rings. The van der Waals surface area contributed by atoms with Crippen molar-refractivity contribution in [2.45, 2.75) is 33.2 Å². The van der Waals surface area contributed by atoms with E-state index in [0.29, 0.717) is 11.7 Å². The highest BCUT2D eigenvalue weighted by molar-refractivity contribution is 5.76. The Labute approximate surface area is 155 Å². The number of hydrogen-bond donors (Lipinski definition) is 0. The van der Waals surface area contributed by atoms with Crippen LogP contribution in [0, 0.1) is 6.92 Å². The fourth-order valence-corrected chi connectivity index (χ4v) is 2.99. The first-order valence-corrected chi connectivity index (χ1v) is 8.62. The lowest BCUT2D eigenvalue weighted by Crippen LogP contribution is -2.37. The van der Waals surface area contributed by atoms with Gasteiger partial charge in [-0.05, 0) is 36.1 Å². The van der Waals surface area contributed by atoms with Crippen LogP contribution in [0.1, 0.15) is 30.9 Å². The van der Waals surface area contributed by atoms with E-state index < -0.39 is 17.2 Å². The summed E-state index contributed by atoms with van der Waals surface area (Å²) in [4.78, 5) is 40.9. The van der Waals surface area contributed by atoms with Crippen molar-refractivity contribution in [1.82, 2.24) is 18.7 Å². The molecule has 0 aliphatic carbocycles. The second kappa shape index (κ2) is 6.86. The quantitative estimate of drug-likeness (QED) is 0.513. The van der Waals surface area contributed by atoms with Crippen LogP contribution in [-0.2, 0) is 25.4 Å². The number of carbonyl (C=O) groups excluding carboxylic acids is 1. The third-order valence-electron chi connectivity index (χ3n) is 4.49. The molecular weight excluding hydrogens is 348 g/mol. The third kappa shape index (κ3) is 3.42. The molecule has 0 radical (unpaired) electrons. The van der Waals surface area contributed by atoms with E-state index in [0.717, 1.165) is 15.7 Å². The fraction of sp³-hybridized carbons (Fsp3) is 0.368. The highest BCUT2D eigenvalue weighted by atomic mass is 16.5. The maximum Gasteiger partial charge on any atom is 0.332 e. The Bertz CT molecular complexity index is 1150. The van der Waals surface area contributed by atoms with Gasteiger partial charge in [0.05, 0.1) is 6.33 Å². The van der Waals surface area contributed by atoms with Crippen molar-refractivity contribution in [3.8, 4) is 5.75 Å². The van der Waals surface area contributed by atoms with Crippen LogP contribution in [0.25, 0.3) is 11.2 Å². The minimum Gasteiger partial charge on any atom is -0.425 e. The summed E-state index contributed by atoms with van der Waals surface area (Å²) >= 11 is 0. The first-order chi connectivity index (χ1) is 12.7. The van der Waals surface area contributed by atoms with E-state index in [2.05, 4.69) is 24.9 Å². The van der Waals surface area contributed by atoms with Crippen molar-refractivity contribution in [1.29, 1.82) is 0 Å². The lowest BCUT2D eigenvalue weighted by atomic mass is 10.0. The number of fused-ring (bicyclic) bond motifs is 1. The summed E-state index contributed by atoms with van der Waals surface area (Å²) in [6.45, 7) is 5.89. The van der Waals surface area contributed by atoms with E-state index in [1.807, 2.05) is 13.0 Å². The van der Waals surface area contributed by atoms with Crippen LogP contribution >= 0.6 is 0 Å². The lowest BCUT2D eigenvalue weighted by molar-refractivity contribution is -0.135. The van der Waals surface area contributed by atoms with Crippen LogP contribution in [0.2, 0.25) is 0 Å². The van der Waals surface area contributed by atoms with Gasteiger partial charge in [-0.1, -0.05) is 19.9 Å². The van der Waals surface area contributed by atoms with E-state index >= 15 is 0 Å². The Hall–Kier alpha value is -3.16. The Morgan fingerprint density at radius 3 is 2.52 bits per heavy atom. The molecule has 0 bridgehead atoms. The summed E-state index contributed by atoms with van der Waals surface area (Å²) in [7, 11) is 2.92. The molecule has 27 heavy (non-hydrogen) atoms. The van der Waals surface area contributed by atoms with Gasteiger partial charge in [-0.15, -0.1) is 0 Å². The van der Waals surface area contributed by atoms with E-state index in [4.69, 9.17) is 4.74 Å². The zero-order valence-electron chi connectivity index (χ0n) is 16.0. The average Bonchev–Trinajstić information content (AvgIpc) is 3.01. The van der Waals surface area contributed by atoms with Gasteiger partial charge in [-0.25, -0.2) is 14.6 Å². The van der Waals surface area contributed by atoms with Gasteiger partial charge in [0.25, 0.3) is 5.56 Å². The molecule has 8 heteroatoms. The van der Waals surface area contributed by atoms with Crippen molar-refractivity contribution in [2.24, 2.45) is 14.1 Å². The van der Waals surface area contributed by atoms with Gasteiger partial charge in [0.2, 0.25) is 0 Å². The predicted octanol–water partition coefficient (Wildman–Crippen LogP) is 1.47. The monoisotopic (exact) mass is 370 g/mol. The standard InChI is InChI=1S/C19H22N4O4/c1-11(2)13-6-12(3)7-14(8-13)27-15(24)9-23-10-20-17-16(23)18(25)22(5)19(26)21(17)4/h6-8,10-11H,9H2,1-5H3. The van der Waals surface area contributed by atoms with Crippen LogP contribution in [0.5, 0.6) is 5.75 Å². The van der Waals surface area contributed by atoms with Crippen molar-refractivity contribution in [3.05, 3.63) is 56.5 Å². The number of rotatable bonds is 4. The van der Waals surface area contributed by atoms with Gasteiger partial charge >= 0.3 is 11.7 Å². The topological polar surface area (TPSA) is 88.1 Å². The largest absolute Gasteiger partial charge is 0.425 e. The van der Waals surface area contributed by atoms with Crippen molar-refractivity contribution >= 4 is 17.1 Å². The number of aryl methyl sites for hydroxylation is 2. The van der Waals surface area contributed by atoms with Crippen LogP contribution in [0.15, 0.2) is 34.1 Å². The summed E-state index contributed by atoms with van der Waals surface area (Å²) in [6, 6.07) is 5.68. The van der Waals surface area contributed by atoms with E-state index in [-0.39, 0.29) is 17.7 Å². The van der Waals surface area contributed by atoms with E-state index in [1.54, 1.807) is 6.07 Å². The van der Waals surface area contributed by atoms with Crippen LogP contribution in [-0.4, -0.2) is 24.7 Å². The normalized spacial score (nSPS) is 11.3.